The molecule has 0 aromatic heterocycles. The molecule has 0 atom stereocenters. The molecule has 0 bridgehead atoms. The summed E-state index contributed by atoms with van der Waals surface area (Å²) in [4.78, 5) is 23.5. The summed E-state index contributed by atoms with van der Waals surface area (Å²) in [6, 6.07) is 15.9. The van der Waals surface area contributed by atoms with Crippen molar-refractivity contribution in [3.8, 4) is 17.2 Å². The lowest BCUT2D eigenvalue weighted by atomic mass is 9.95. The van der Waals surface area contributed by atoms with E-state index >= 15 is 0 Å². The highest BCUT2D eigenvalue weighted by molar-refractivity contribution is 6.01. The molecule has 2 rings (SSSR count). The van der Waals surface area contributed by atoms with E-state index in [1.165, 1.54) is 0 Å². The maximum Gasteiger partial charge on any atom is 0.426 e. The lowest BCUT2D eigenvalue weighted by Crippen LogP contribution is -2.42. The lowest BCUT2D eigenvalue weighted by molar-refractivity contribution is 0.0913. The van der Waals surface area contributed by atoms with Crippen molar-refractivity contribution in [1.29, 1.82) is 5.26 Å². The fraction of sp³-hybridized carbons (Fsp3) is 0.118. The standard InChI is InChI=1S/C17H15N3O3/c1-2-23-17(22)20-19-16(21)15-10-6-5-9-14(15)13-8-4-3-7-12(13)11-18/h3-10H,2H2,1H3,(H,19,21)(H,20,22). The molecule has 0 aliphatic rings. The van der Waals surface area contributed by atoms with Crippen LogP contribution in [0.5, 0.6) is 0 Å². The summed E-state index contributed by atoms with van der Waals surface area (Å²) >= 11 is 0. The predicted molar refractivity (Wildman–Crippen MR) is 84.2 cm³/mol. The smallest absolute Gasteiger partial charge is 0.426 e. The summed E-state index contributed by atoms with van der Waals surface area (Å²) in [7, 11) is 0. The lowest BCUT2D eigenvalue weighted by Gasteiger charge is -2.12. The number of rotatable bonds is 3. The molecule has 0 radical (unpaired) electrons. The minimum atomic E-state index is -0.740. The first-order chi connectivity index (χ1) is 11.2. The average Bonchev–Trinajstić information content (AvgIpc) is 2.60. The molecular weight excluding hydrogens is 294 g/mol. The topological polar surface area (TPSA) is 91.2 Å². The van der Waals surface area contributed by atoms with Crippen LogP contribution in [-0.4, -0.2) is 18.6 Å². The Bertz CT molecular complexity index is 766. The Hall–Kier alpha value is -3.33. The molecule has 0 aliphatic heterocycles. The van der Waals surface area contributed by atoms with Gasteiger partial charge >= 0.3 is 6.09 Å². The number of ether oxygens (including phenoxy) is 1. The van der Waals surface area contributed by atoms with E-state index < -0.39 is 12.0 Å². The zero-order valence-electron chi connectivity index (χ0n) is 12.5. The third-order valence-electron chi connectivity index (χ3n) is 3.06. The number of nitrogens with one attached hydrogen (secondary N) is 2. The molecule has 0 saturated carbocycles. The number of amides is 2. The molecule has 2 amide bonds. The van der Waals surface area contributed by atoms with E-state index in [0.717, 1.165) is 0 Å². The number of carbonyl (C=O) groups excluding carboxylic acids is 2. The maximum absolute atomic E-state index is 12.3. The van der Waals surface area contributed by atoms with Crippen LogP contribution in [-0.2, 0) is 4.74 Å². The minimum Gasteiger partial charge on any atom is -0.449 e. The van der Waals surface area contributed by atoms with Crippen molar-refractivity contribution in [2.45, 2.75) is 6.92 Å². The summed E-state index contributed by atoms with van der Waals surface area (Å²) in [6.45, 7) is 1.86. The van der Waals surface area contributed by atoms with E-state index in [2.05, 4.69) is 21.7 Å². The van der Waals surface area contributed by atoms with Gasteiger partial charge in [-0.05, 0) is 24.6 Å². The predicted octanol–water partition coefficient (Wildman–Crippen LogP) is 2.62. The molecule has 6 nitrogen and oxygen atoms in total. The first kappa shape index (κ1) is 16.0. The van der Waals surface area contributed by atoms with Crippen LogP contribution in [0.25, 0.3) is 11.1 Å². The molecule has 0 aliphatic carbocycles. The summed E-state index contributed by atoms with van der Waals surface area (Å²) in [5.41, 5.74) is 6.51. The van der Waals surface area contributed by atoms with Crippen LogP contribution in [0, 0.1) is 11.3 Å². The van der Waals surface area contributed by atoms with Gasteiger partial charge in [-0.25, -0.2) is 10.2 Å². The Balaban J connectivity index is 2.29. The van der Waals surface area contributed by atoms with E-state index in [4.69, 9.17) is 0 Å². The Morgan fingerprint density at radius 3 is 2.39 bits per heavy atom. The van der Waals surface area contributed by atoms with Crippen LogP contribution in [0.1, 0.15) is 22.8 Å². The van der Waals surface area contributed by atoms with Crippen molar-refractivity contribution < 1.29 is 14.3 Å². The van der Waals surface area contributed by atoms with Crippen molar-refractivity contribution >= 4 is 12.0 Å². The molecule has 0 fully saturated rings. The Morgan fingerprint density at radius 1 is 1.04 bits per heavy atom. The van der Waals surface area contributed by atoms with Crippen LogP contribution < -0.4 is 10.9 Å². The van der Waals surface area contributed by atoms with E-state index in [1.807, 2.05) is 0 Å². The van der Waals surface area contributed by atoms with E-state index in [1.54, 1.807) is 55.5 Å². The van der Waals surface area contributed by atoms with Gasteiger partial charge in [0.25, 0.3) is 5.91 Å². The number of carbonyl (C=O) groups is 2. The maximum atomic E-state index is 12.3. The summed E-state index contributed by atoms with van der Waals surface area (Å²) < 4.78 is 4.67. The first-order valence-corrected chi connectivity index (χ1v) is 6.99. The van der Waals surface area contributed by atoms with Crippen LogP contribution in [0.4, 0.5) is 4.79 Å². The summed E-state index contributed by atoms with van der Waals surface area (Å²) in [5, 5.41) is 9.22. The van der Waals surface area contributed by atoms with Crippen molar-refractivity contribution in [3.63, 3.8) is 0 Å². The molecule has 2 aromatic carbocycles. The molecule has 23 heavy (non-hydrogen) atoms. The fourth-order valence-corrected chi connectivity index (χ4v) is 2.07. The van der Waals surface area contributed by atoms with Gasteiger partial charge < -0.3 is 4.74 Å². The monoisotopic (exact) mass is 309 g/mol. The molecule has 0 saturated heterocycles. The Kier molecular flexibility index (Phi) is 5.31. The molecule has 0 unspecified atom stereocenters. The van der Waals surface area contributed by atoms with Crippen LogP contribution in [0.15, 0.2) is 48.5 Å². The average molecular weight is 309 g/mol. The van der Waals surface area contributed by atoms with Gasteiger partial charge in [0.15, 0.2) is 0 Å². The van der Waals surface area contributed by atoms with Crippen molar-refractivity contribution in [3.05, 3.63) is 59.7 Å². The second-order valence-corrected chi connectivity index (χ2v) is 4.50. The largest absolute Gasteiger partial charge is 0.449 e. The van der Waals surface area contributed by atoms with Gasteiger partial charge in [0, 0.05) is 11.1 Å². The Morgan fingerprint density at radius 2 is 1.70 bits per heavy atom. The van der Waals surface area contributed by atoms with Gasteiger partial charge in [-0.1, -0.05) is 36.4 Å². The van der Waals surface area contributed by atoms with Crippen LogP contribution in [0.3, 0.4) is 0 Å². The van der Waals surface area contributed by atoms with Crippen LogP contribution >= 0.6 is 0 Å². The molecule has 116 valence electrons. The second kappa shape index (κ2) is 7.61. The van der Waals surface area contributed by atoms with Crippen LogP contribution in [0.2, 0.25) is 0 Å². The zero-order chi connectivity index (χ0) is 16.7. The SMILES string of the molecule is CCOC(=O)NNC(=O)c1ccccc1-c1ccccc1C#N. The number of nitrogens with zero attached hydrogens (tertiary/aromatic N) is 1. The van der Waals surface area contributed by atoms with Gasteiger partial charge in [0.1, 0.15) is 0 Å². The highest BCUT2D eigenvalue weighted by Crippen LogP contribution is 2.26. The van der Waals surface area contributed by atoms with Gasteiger partial charge in [0.05, 0.1) is 18.2 Å². The number of hydrogen-bond donors (Lipinski definition) is 2. The molecule has 6 heteroatoms. The molecular formula is C17H15N3O3. The minimum absolute atomic E-state index is 0.202. The Labute approximate surface area is 133 Å². The van der Waals surface area contributed by atoms with E-state index in [9.17, 15) is 14.9 Å². The molecule has 2 aromatic rings. The van der Waals surface area contributed by atoms with Crippen molar-refractivity contribution in [1.82, 2.24) is 10.9 Å². The molecule has 0 heterocycles. The molecule has 2 N–H and O–H groups in total. The number of nitriles is 1. The first-order valence-electron chi connectivity index (χ1n) is 6.99. The third kappa shape index (κ3) is 3.86. The number of hydrazine groups is 1. The highest BCUT2D eigenvalue weighted by atomic mass is 16.5. The highest BCUT2D eigenvalue weighted by Gasteiger charge is 2.15. The van der Waals surface area contributed by atoms with Gasteiger partial charge in [-0.3, -0.25) is 10.2 Å². The second-order valence-electron chi connectivity index (χ2n) is 4.50. The van der Waals surface area contributed by atoms with E-state index in [0.29, 0.717) is 22.3 Å². The zero-order valence-corrected chi connectivity index (χ0v) is 12.5. The third-order valence-corrected chi connectivity index (χ3v) is 3.06. The fourth-order valence-electron chi connectivity index (χ4n) is 2.07. The van der Waals surface area contributed by atoms with Crippen molar-refractivity contribution in [2.75, 3.05) is 6.61 Å². The molecule has 0 spiro atoms. The van der Waals surface area contributed by atoms with Gasteiger partial charge in [-0.2, -0.15) is 5.26 Å². The number of hydrogen-bond acceptors (Lipinski definition) is 4. The van der Waals surface area contributed by atoms with Gasteiger partial charge in [0.2, 0.25) is 0 Å². The number of benzene rings is 2. The summed E-state index contributed by atoms with van der Waals surface area (Å²) in [5.74, 6) is -0.499. The van der Waals surface area contributed by atoms with Crippen molar-refractivity contribution in [2.24, 2.45) is 0 Å². The normalized spacial score (nSPS) is 9.57. The quantitative estimate of drug-likeness (QED) is 0.853. The van der Waals surface area contributed by atoms with Gasteiger partial charge in [-0.15, -0.1) is 0 Å². The summed E-state index contributed by atoms with van der Waals surface area (Å²) in [6.07, 6.45) is -0.740. The van der Waals surface area contributed by atoms with E-state index in [-0.39, 0.29) is 6.61 Å².